The molecule has 0 aromatic heterocycles. The van der Waals surface area contributed by atoms with Crippen molar-refractivity contribution >= 4 is 11.7 Å². The molecule has 1 aliphatic heterocycles. The van der Waals surface area contributed by atoms with Gasteiger partial charge in [0.15, 0.2) is 0 Å². The number of hydrogen-bond donors (Lipinski definition) is 2. The molecular weight excluding hydrogens is 310 g/mol. The highest BCUT2D eigenvalue weighted by Crippen LogP contribution is 2.36. The number of anilines is 1. The van der Waals surface area contributed by atoms with E-state index in [0.717, 1.165) is 25.9 Å². The van der Waals surface area contributed by atoms with Gasteiger partial charge in [0.05, 0.1) is 6.04 Å². The number of rotatable bonds is 3. The monoisotopic (exact) mass is 335 g/mol. The summed E-state index contributed by atoms with van der Waals surface area (Å²) in [7, 11) is 0. The zero-order valence-electron chi connectivity index (χ0n) is 14.4. The van der Waals surface area contributed by atoms with E-state index in [2.05, 4.69) is 58.7 Å². The average Bonchev–Trinajstić information content (AvgIpc) is 3.04. The molecule has 4 rings (SSSR count). The number of benzene rings is 2. The van der Waals surface area contributed by atoms with E-state index in [1.807, 2.05) is 0 Å². The van der Waals surface area contributed by atoms with Gasteiger partial charge in [-0.1, -0.05) is 36.4 Å². The van der Waals surface area contributed by atoms with Crippen LogP contribution in [0.5, 0.6) is 0 Å². The first kappa shape index (κ1) is 16.0. The summed E-state index contributed by atoms with van der Waals surface area (Å²) in [5.41, 5.74) is 10.6. The molecule has 4 heteroatoms. The summed E-state index contributed by atoms with van der Waals surface area (Å²) < 4.78 is 0. The molecule has 130 valence electrons. The van der Waals surface area contributed by atoms with E-state index in [9.17, 15) is 4.79 Å². The van der Waals surface area contributed by atoms with E-state index in [1.165, 1.54) is 35.2 Å². The van der Waals surface area contributed by atoms with E-state index in [4.69, 9.17) is 5.73 Å². The number of carbonyl (C=O) groups excluding carboxylic acids is 1. The summed E-state index contributed by atoms with van der Waals surface area (Å²) in [4.78, 5) is 13.6. The van der Waals surface area contributed by atoms with Gasteiger partial charge in [-0.2, -0.15) is 0 Å². The molecule has 1 heterocycles. The lowest BCUT2D eigenvalue weighted by Gasteiger charge is -2.34. The largest absolute Gasteiger partial charge is 0.371 e. The molecule has 25 heavy (non-hydrogen) atoms. The van der Waals surface area contributed by atoms with Crippen molar-refractivity contribution < 1.29 is 4.79 Å². The zero-order chi connectivity index (χ0) is 17.2. The highest BCUT2D eigenvalue weighted by Gasteiger charge is 2.25. The number of nitrogens with zero attached hydrogens (tertiary/aromatic N) is 1. The fourth-order valence-electron chi connectivity index (χ4n) is 4.32. The number of amides is 2. The number of hydrogen-bond acceptors (Lipinski definition) is 2. The molecular formula is C21H25N3O. The van der Waals surface area contributed by atoms with E-state index in [1.54, 1.807) is 0 Å². The minimum absolute atomic E-state index is 0.0744. The molecule has 2 aromatic carbocycles. The Labute approximate surface area is 149 Å². The Kier molecular flexibility index (Phi) is 4.35. The van der Waals surface area contributed by atoms with Gasteiger partial charge in [0, 0.05) is 18.8 Å². The normalized spacial score (nSPS) is 20.3. The van der Waals surface area contributed by atoms with Gasteiger partial charge in [0.2, 0.25) is 0 Å². The van der Waals surface area contributed by atoms with Crippen LogP contribution in [0.1, 0.15) is 47.9 Å². The Morgan fingerprint density at radius 2 is 1.80 bits per heavy atom. The standard InChI is InChI=1S/C21H25N3O/c22-21(25)23-20-9-6-17-14-18(7-8-19(17)20)24-12-10-16(11-13-24)15-4-2-1-3-5-15/h1-5,7-8,14,16,20H,6,9-13H2,(H3,22,23,25). The SMILES string of the molecule is NC(=O)NC1CCc2cc(N3CCC(c4ccccc4)CC3)ccc21. The van der Waals surface area contributed by atoms with Crippen LogP contribution in [0.25, 0.3) is 0 Å². The molecule has 1 aliphatic carbocycles. The number of primary amides is 1. The summed E-state index contributed by atoms with van der Waals surface area (Å²) in [5, 5.41) is 2.85. The summed E-state index contributed by atoms with van der Waals surface area (Å²) in [6, 6.07) is 17.2. The fraction of sp³-hybridized carbons (Fsp3) is 0.381. The molecule has 2 amide bonds. The third-order valence-corrected chi connectivity index (χ3v) is 5.65. The second kappa shape index (κ2) is 6.79. The van der Waals surface area contributed by atoms with Crippen molar-refractivity contribution in [3.8, 4) is 0 Å². The number of aryl methyl sites for hydroxylation is 1. The van der Waals surface area contributed by atoms with Gasteiger partial charge >= 0.3 is 6.03 Å². The molecule has 0 radical (unpaired) electrons. The van der Waals surface area contributed by atoms with Gasteiger partial charge in [-0.05, 0) is 60.4 Å². The smallest absolute Gasteiger partial charge is 0.312 e. The summed E-state index contributed by atoms with van der Waals surface area (Å²) >= 11 is 0. The van der Waals surface area contributed by atoms with E-state index in [-0.39, 0.29) is 6.04 Å². The van der Waals surface area contributed by atoms with Crippen molar-refractivity contribution in [1.29, 1.82) is 0 Å². The average molecular weight is 335 g/mol. The molecule has 0 bridgehead atoms. The maximum Gasteiger partial charge on any atom is 0.312 e. The quantitative estimate of drug-likeness (QED) is 0.898. The lowest BCUT2D eigenvalue weighted by Crippen LogP contribution is -2.33. The maximum atomic E-state index is 11.1. The van der Waals surface area contributed by atoms with Crippen LogP contribution in [-0.4, -0.2) is 19.1 Å². The molecule has 0 spiro atoms. The minimum atomic E-state index is -0.440. The highest BCUT2D eigenvalue weighted by atomic mass is 16.2. The van der Waals surface area contributed by atoms with Crippen LogP contribution in [0, 0.1) is 0 Å². The molecule has 1 saturated heterocycles. The van der Waals surface area contributed by atoms with Gasteiger partial charge in [0.25, 0.3) is 0 Å². The number of piperidine rings is 1. The predicted molar refractivity (Wildman–Crippen MR) is 101 cm³/mol. The number of carbonyl (C=O) groups is 1. The van der Waals surface area contributed by atoms with Crippen LogP contribution < -0.4 is 16.0 Å². The van der Waals surface area contributed by atoms with Gasteiger partial charge in [0.1, 0.15) is 0 Å². The summed E-state index contributed by atoms with van der Waals surface area (Å²) in [6.45, 7) is 2.20. The molecule has 1 fully saturated rings. The Balaban J connectivity index is 1.43. The molecule has 0 saturated carbocycles. The van der Waals surface area contributed by atoms with Crippen molar-refractivity contribution in [2.75, 3.05) is 18.0 Å². The maximum absolute atomic E-state index is 11.1. The van der Waals surface area contributed by atoms with Crippen LogP contribution in [0.15, 0.2) is 48.5 Å². The van der Waals surface area contributed by atoms with E-state index < -0.39 is 6.03 Å². The predicted octanol–water partition coefficient (Wildman–Crippen LogP) is 3.73. The lowest BCUT2D eigenvalue weighted by molar-refractivity contribution is 0.245. The molecule has 3 N–H and O–H groups in total. The minimum Gasteiger partial charge on any atom is -0.371 e. The second-order valence-corrected chi connectivity index (χ2v) is 7.15. The van der Waals surface area contributed by atoms with Crippen LogP contribution >= 0.6 is 0 Å². The van der Waals surface area contributed by atoms with Crippen molar-refractivity contribution in [2.24, 2.45) is 5.73 Å². The second-order valence-electron chi connectivity index (χ2n) is 7.15. The Hall–Kier alpha value is -2.49. The van der Waals surface area contributed by atoms with Gasteiger partial charge in [-0.3, -0.25) is 0 Å². The van der Waals surface area contributed by atoms with Crippen LogP contribution in [0.2, 0.25) is 0 Å². The van der Waals surface area contributed by atoms with Crippen LogP contribution in [0.4, 0.5) is 10.5 Å². The topological polar surface area (TPSA) is 58.4 Å². The molecule has 1 unspecified atom stereocenters. The number of nitrogens with two attached hydrogens (primary N) is 1. The summed E-state index contributed by atoms with van der Waals surface area (Å²) in [6.07, 6.45) is 4.35. The number of fused-ring (bicyclic) bond motifs is 1. The Bertz CT molecular complexity index is 751. The van der Waals surface area contributed by atoms with Gasteiger partial charge < -0.3 is 16.0 Å². The van der Waals surface area contributed by atoms with Crippen LogP contribution in [-0.2, 0) is 6.42 Å². The molecule has 4 nitrogen and oxygen atoms in total. The Morgan fingerprint density at radius 1 is 1.04 bits per heavy atom. The number of urea groups is 1. The van der Waals surface area contributed by atoms with E-state index in [0.29, 0.717) is 5.92 Å². The zero-order valence-corrected chi connectivity index (χ0v) is 14.4. The first-order valence-electron chi connectivity index (χ1n) is 9.19. The summed E-state index contributed by atoms with van der Waals surface area (Å²) in [5.74, 6) is 0.677. The lowest BCUT2D eigenvalue weighted by atomic mass is 9.89. The fourth-order valence-corrected chi connectivity index (χ4v) is 4.32. The highest BCUT2D eigenvalue weighted by molar-refractivity contribution is 5.72. The van der Waals surface area contributed by atoms with Crippen molar-refractivity contribution in [3.05, 3.63) is 65.2 Å². The number of nitrogens with one attached hydrogen (secondary N) is 1. The van der Waals surface area contributed by atoms with E-state index >= 15 is 0 Å². The van der Waals surface area contributed by atoms with Crippen LogP contribution in [0.3, 0.4) is 0 Å². The Morgan fingerprint density at radius 3 is 2.52 bits per heavy atom. The van der Waals surface area contributed by atoms with Crippen molar-refractivity contribution in [3.63, 3.8) is 0 Å². The first-order chi connectivity index (χ1) is 12.2. The first-order valence-corrected chi connectivity index (χ1v) is 9.19. The van der Waals surface area contributed by atoms with Gasteiger partial charge in [-0.15, -0.1) is 0 Å². The third-order valence-electron chi connectivity index (χ3n) is 5.65. The van der Waals surface area contributed by atoms with Crippen molar-refractivity contribution in [1.82, 2.24) is 5.32 Å². The third kappa shape index (κ3) is 3.34. The van der Waals surface area contributed by atoms with Crippen molar-refractivity contribution in [2.45, 2.75) is 37.6 Å². The van der Waals surface area contributed by atoms with Gasteiger partial charge in [-0.25, -0.2) is 4.79 Å². The molecule has 1 atom stereocenters. The molecule has 2 aromatic rings. The molecule has 2 aliphatic rings.